The smallest absolute Gasteiger partial charge is 0.109 e. The van der Waals surface area contributed by atoms with E-state index in [0.717, 1.165) is 31.6 Å². The summed E-state index contributed by atoms with van der Waals surface area (Å²) in [5.74, 6) is 1.19. The number of fused-ring (bicyclic) bond motifs is 1. The van der Waals surface area contributed by atoms with Crippen molar-refractivity contribution in [1.82, 2.24) is 14.9 Å². The number of aryl methyl sites for hydroxylation is 1. The molecule has 1 aromatic carbocycles. The lowest BCUT2D eigenvalue weighted by atomic mass is 10.3. The van der Waals surface area contributed by atoms with Gasteiger partial charge < -0.3 is 9.88 Å². The first-order valence-electron chi connectivity index (χ1n) is 7.01. The molecule has 0 fully saturated rings. The lowest BCUT2D eigenvalue weighted by molar-refractivity contribution is 0.575. The minimum atomic E-state index is 0.990. The first-order chi connectivity index (χ1) is 8.86. The SMILES string of the molecule is CCCCNCCn1c(CC)nc2ccccc21. The van der Waals surface area contributed by atoms with Gasteiger partial charge in [-0.15, -0.1) is 0 Å². The van der Waals surface area contributed by atoms with E-state index in [2.05, 4.69) is 53.0 Å². The molecule has 1 N–H and O–H groups in total. The summed E-state index contributed by atoms with van der Waals surface area (Å²) < 4.78 is 2.34. The minimum absolute atomic E-state index is 0.990. The molecule has 0 bridgehead atoms. The zero-order valence-electron chi connectivity index (χ0n) is 11.4. The van der Waals surface area contributed by atoms with Crippen LogP contribution in [0.1, 0.15) is 32.5 Å². The number of rotatable bonds is 7. The van der Waals surface area contributed by atoms with Gasteiger partial charge in [0.05, 0.1) is 11.0 Å². The van der Waals surface area contributed by atoms with Crippen LogP contribution >= 0.6 is 0 Å². The van der Waals surface area contributed by atoms with Gasteiger partial charge in [0.1, 0.15) is 5.82 Å². The quantitative estimate of drug-likeness (QED) is 0.760. The number of unbranched alkanes of at least 4 members (excludes halogenated alkanes) is 1. The molecule has 3 nitrogen and oxygen atoms in total. The van der Waals surface area contributed by atoms with Gasteiger partial charge in [-0.25, -0.2) is 4.98 Å². The summed E-state index contributed by atoms with van der Waals surface area (Å²) in [5, 5.41) is 3.49. The van der Waals surface area contributed by atoms with Crippen molar-refractivity contribution in [2.75, 3.05) is 13.1 Å². The highest BCUT2D eigenvalue weighted by atomic mass is 15.1. The summed E-state index contributed by atoms with van der Waals surface area (Å²) >= 11 is 0. The monoisotopic (exact) mass is 245 g/mol. The predicted octanol–water partition coefficient (Wildman–Crippen LogP) is 2.99. The second kappa shape index (κ2) is 6.55. The average Bonchev–Trinajstić information content (AvgIpc) is 2.77. The van der Waals surface area contributed by atoms with Crippen molar-refractivity contribution in [2.45, 2.75) is 39.7 Å². The maximum atomic E-state index is 4.68. The van der Waals surface area contributed by atoms with Crippen LogP contribution in [0.25, 0.3) is 11.0 Å². The maximum absolute atomic E-state index is 4.68. The van der Waals surface area contributed by atoms with E-state index in [1.165, 1.54) is 24.2 Å². The topological polar surface area (TPSA) is 29.9 Å². The van der Waals surface area contributed by atoms with Crippen molar-refractivity contribution in [3.63, 3.8) is 0 Å². The molecule has 0 saturated heterocycles. The molecule has 1 aromatic heterocycles. The Hall–Kier alpha value is -1.35. The van der Waals surface area contributed by atoms with Crippen molar-refractivity contribution in [3.8, 4) is 0 Å². The van der Waals surface area contributed by atoms with E-state index in [1.54, 1.807) is 0 Å². The van der Waals surface area contributed by atoms with Gasteiger partial charge in [0, 0.05) is 19.5 Å². The van der Waals surface area contributed by atoms with Crippen molar-refractivity contribution < 1.29 is 0 Å². The molecule has 2 aromatic rings. The summed E-state index contributed by atoms with van der Waals surface area (Å²) in [6, 6.07) is 8.39. The standard InChI is InChI=1S/C15H23N3/c1-3-5-10-16-11-12-18-14-9-7-6-8-13(14)17-15(18)4-2/h6-9,16H,3-5,10-12H2,1-2H3. The molecule has 98 valence electrons. The molecule has 0 amide bonds. The van der Waals surface area contributed by atoms with Gasteiger partial charge >= 0.3 is 0 Å². The van der Waals surface area contributed by atoms with Crippen molar-refractivity contribution in [2.24, 2.45) is 0 Å². The minimum Gasteiger partial charge on any atom is -0.327 e. The number of para-hydroxylation sites is 2. The van der Waals surface area contributed by atoms with Crippen LogP contribution in [0.2, 0.25) is 0 Å². The lowest BCUT2D eigenvalue weighted by Crippen LogP contribution is -2.21. The molecular formula is C15H23N3. The van der Waals surface area contributed by atoms with E-state index in [0.29, 0.717) is 0 Å². The van der Waals surface area contributed by atoms with Gasteiger partial charge in [0.15, 0.2) is 0 Å². The Kier molecular flexibility index (Phi) is 4.76. The fourth-order valence-electron chi connectivity index (χ4n) is 2.26. The molecule has 0 saturated carbocycles. The van der Waals surface area contributed by atoms with Gasteiger partial charge in [0.25, 0.3) is 0 Å². The normalized spacial score (nSPS) is 11.2. The van der Waals surface area contributed by atoms with Gasteiger partial charge in [-0.1, -0.05) is 32.4 Å². The fourth-order valence-corrected chi connectivity index (χ4v) is 2.26. The Balaban J connectivity index is 2.06. The number of nitrogens with zero attached hydrogens (tertiary/aromatic N) is 2. The highest BCUT2D eigenvalue weighted by molar-refractivity contribution is 5.75. The lowest BCUT2D eigenvalue weighted by Gasteiger charge is -2.09. The van der Waals surface area contributed by atoms with E-state index < -0.39 is 0 Å². The summed E-state index contributed by atoms with van der Waals surface area (Å²) in [5.41, 5.74) is 2.37. The van der Waals surface area contributed by atoms with Crippen LogP contribution in [-0.2, 0) is 13.0 Å². The summed E-state index contributed by atoms with van der Waals surface area (Å²) in [6.07, 6.45) is 3.50. The molecule has 0 aliphatic heterocycles. The predicted molar refractivity (Wildman–Crippen MR) is 76.9 cm³/mol. The second-order valence-electron chi connectivity index (χ2n) is 4.63. The van der Waals surface area contributed by atoms with Crippen LogP contribution in [-0.4, -0.2) is 22.6 Å². The van der Waals surface area contributed by atoms with Crippen LogP contribution < -0.4 is 5.32 Å². The first kappa shape index (κ1) is 13.1. The molecule has 0 aliphatic carbocycles. The first-order valence-corrected chi connectivity index (χ1v) is 7.01. The van der Waals surface area contributed by atoms with Crippen LogP contribution in [0.4, 0.5) is 0 Å². The average molecular weight is 245 g/mol. The Labute approximate surface area is 109 Å². The molecule has 0 atom stereocenters. The number of nitrogens with one attached hydrogen (secondary N) is 1. The zero-order valence-corrected chi connectivity index (χ0v) is 11.4. The third kappa shape index (κ3) is 2.91. The molecule has 3 heteroatoms. The Morgan fingerprint density at radius 3 is 2.78 bits per heavy atom. The van der Waals surface area contributed by atoms with Gasteiger partial charge in [-0.3, -0.25) is 0 Å². The largest absolute Gasteiger partial charge is 0.327 e. The van der Waals surface area contributed by atoms with E-state index >= 15 is 0 Å². The van der Waals surface area contributed by atoms with Crippen molar-refractivity contribution >= 4 is 11.0 Å². The molecule has 0 unspecified atom stereocenters. The third-order valence-electron chi connectivity index (χ3n) is 3.27. The fraction of sp³-hybridized carbons (Fsp3) is 0.533. The number of aromatic nitrogens is 2. The molecule has 2 rings (SSSR count). The van der Waals surface area contributed by atoms with Crippen LogP contribution in [0.5, 0.6) is 0 Å². The molecule has 18 heavy (non-hydrogen) atoms. The molecule has 0 spiro atoms. The Bertz CT molecular complexity index is 487. The van der Waals surface area contributed by atoms with E-state index in [1.807, 2.05) is 0 Å². The van der Waals surface area contributed by atoms with E-state index in [-0.39, 0.29) is 0 Å². The van der Waals surface area contributed by atoms with Crippen LogP contribution in [0.15, 0.2) is 24.3 Å². The van der Waals surface area contributed by atoms with Gasteiger partial charge in [0.2, 0.25) is 0 Å². The van der Waals surface area contributed by atoms with Crippen molar-refractivity contribution in [3.05, 3.63) is 30.1 Å². The molecule has 0 radical (unpaired) electrons. The summed E-state index contributed by atoms with van der Waals surface area (Å²) in [6.45, 7) is 7.54. The molecule has 0 aliphatic rings. The van der Waals surface area contributed by atoms with E-state index in [4.69, 9.17) is 0 Å². The molecular weight excluding hydrogens is 222 g/mol. The Morgan fingerprint density at radius 1 is 1.17 bits per heavy atom. The van der Waals surface area contributed by atoms with Crippen LogP contribution in [0, 0.1) is 0 Å². The number of hydrogen-bond acceptors (Lipinski definition) is 2. The van der Waals surface area contributed by atoms with Gasteiger partial charge in [-0.2, -0.15) is 0 Å². The third-order valence-corrected chi connectivity index (χ3v) is 3.27. The highest BCUT2D eigenvalue weighted by Gasteiger charge is 2.07. The second-order valence-corrected chi connectivity index (χ2v) is 4.63. The van der Waals surface area contributed by atoms with Crippen molar-refractivity contribution in [1.29, 1.82) is 0 Å². The highest BCUT2D eigenvalue weighted by Crippen LogP contribution is 2.15. The summed E-state index contributed by atoms with van der Waals surface area (Å²) in [4.78, 5) is 4.68. The maximum Gasteiger partial charge on any atom is 0.109 e. The van der Waals surface area contributed by atoms with E-state index in [9.17, 15) is 0 Å². The summed E-state index contributed by atoms with van der Waals surface area (Å²) in [7, 11) is 0. The zero-order chi connectivity index (χ0) is 12.8. The number of imidazole rings is 1. The van der Waals surface area contributed by atoms with Gasteiger partial charge in [-0.05, 0) is 25.1 Å². The molecule has 1 heterocycles. The Morgan fingerprint density at radius 2 is 2.00 bits per heavy atom. The number of benzene rings is 1. The van der Waals surface area contributed by atoms with Crippen LogP contribution in [0.3, 0.4) is 0 Å². The number of hydrogen-bond donors (Lipinski definition) is 1.